The minimum Gasteiger partial charge on any atom is -0.353 e. The van der Waals surface area contributed by atoms with Crippen LogP contribution >= 0.6 is 0 Å². The van der Waals surface area contributed by atoms with E-state index in [9.17, 15) is 0 Å². The van der Waals surface area contributed by atoms with E-state index in [0.717, 1.165) is 32.2 Å². The van der Waals surface area contributed by atoms with E-state index >= 15 is 0 Å². The molecule has 0 aromatic heterocycles. The maximum Gasteiger partial charge on any atom is 0.158 e. The van der Waals surface area contributed by atoms with E-state index in [1.807, 2.05) is 13.8 Å². The minimum atomic E-state index is -0.0339. The second-order valence-corrected chi connectivity index (χ2v) is 5.29. The van der Waals surface area contributed by atoms with Crippen molar-refractivity contribution in [1.29, 1.82) is 0 Å². The highest BCUT2D eigenvalue weighted by Crippen LogP contribution is 2.29. The van der Waals surface area contributed by atoms with Gasteiger partial charge in [0.1, 0.15) is 0 Å². The molecule has 1 N–H and O–H groups in total. The van der Waals surface area contributed by atoms with Crippen LogP contribution in [0.15, 0.2) is 0 Å². The first-order chi connectivity index (χ1) is 8.83. The average Bonchev–Trinajstić information content (AvgIpc) is 3.11. The molecule has 2 rings (SSSR count). The Kier molecular flexibility index (Phi) is 5.89. The summed E-state index contributed by atoms with van der Waals surface area (Å²) in [6.07, 6.45) is 5.05. The van der Waals surface area contributed by atoms with Crippen LogP contribution in [0.5, 0.6) is 0 Å². The van der Waals surface area contributed by atoms with Gasteiger partial charge in [0.15, 0.2) is 6.29 Å². The van der Waals surface area contributed by atoms with Gasteiger partial charge < -0.3 is 14.8 Å². The van der Waals surface area contributed by atoms with Gasteiger partial charge in [0.2, 0.25) is 0 Å². The Morgan fingerprint density at radius 1 is 1.17 bits per heavy atom. The van der Waals surface area contributed by atoms with Crippen LogP contribution in [-0.2, 0) is 9.47 Å². The molecule has 2 aliphatic rings. The summed E-state index contributed by atoms with van der Waals surface area (Å²) < 4.78 is 11.1. The lowest BCUT2D eigenvalue weighted by molar-refractivity contribution is -0.138. The largest absolute Gasteiger partial charge is 0.353 e. The Labute approximate surface area is 111 Å². The Balaban J connectivity index is 1.56. The van der Waals surface area contributed by atoms with Gasteiger partial charge in [-0.1, -0.05) is 0 Å². The monoisotopic (exact) mass is 256 g/mol. The van der Waals surface area contributed by atoms with Gasteiger partial charge in [-0.3, -0.25) is 4.90 Å². The molecule has 1 saturated heterocycles. The summed E-state index contributed by atoms with van der Waals surface area (Å²) >= 11 is 0. The lowest BCUT2D eigenvalue weighted by atomic mass is 10.2. The first kappa shape index (κ1) is 14.3. The van der Waals surface area contributed by atoms with Gasteiger partial charge in [-0.05, 0) is 33.1 Å². The van der Waals surface area contributed by atoms with Gasteiger partial charge >= 0.3 is 0 Å². The molecule has 18 heavy (non-hydrogen) atoms. The van der Waals surface area contributed by atoms with Crippen LogP contribution in [0, 0.1) is 0 Å². The molecule has 0 amide bonds. The van der Waals surface area contributed by atoms with Crippen molar-refractivity contribution in [3.8, 4) is 0 Å². The summed E-state index contributed by atoms with van der Waals surface area (Å²) in [6.45, 7) is 9.00. The number of rotatable bonds is 9. The van der Waals surface area contributed by atoms with E-state index in [4.69, 9.17) is 9.47 Å². The van der Waals surface area contributed by atoms with Crippen molar-refractivity contribution in [2.24, 2.45) is 0 Å². The predicted octanol–water partition coefficient (Wildman–Crippen LogP) is 1.60. The highest BCUT2D eigenvalue weighted by molar-refractivity contribution is 4.91. The minimum absolute atomic E-state index is 0.0339. The summed E-state index contributed by atoms with van der Waals surface area (Å²) in [6, 6.07) is 1.59. The van der Waals surface area contributed by atoms with E-state index < -0.39 is 0 Å². The molecule has 106 valence electrons. The van der Waals surface area contributed by atoms with E-state index in [-0.39, 0.29) is 6.29 Å². The van der Waals surface area contributed by atoms with Gasteiger partial charge in [0.25, 0.3) is 0 Å². The molecule has 1 unspecified atom stereocenters. The van der Waals surface area contributed by atoms with Gasteiger partial charge in [-0.25, -0.2) is 0 Å². The van der Waals surface area contributed by atoms with E-state index in [1.54, 1.807) is 0 Å². The Hall–Kier alpha value is -0.160. The molecular weight excluding hydrogens is 228 g/mol. The molecule has 1 saturated carbocycles. The van der Waals surface area contributed by atoms with Crippen molar-refractivity contribution in [1.82, 2.24) is 10.2 Å². The fourth-order valence-electron chi connectivity index (χ4n) is 2.72. The summed E-state index contributed by atoms with van der Waals surface area (Å²) in [7, 11) is 0. The molecule has 4 heteroatoms. The van der Waals surface area contributed by atoms with E-state index in [0.29, 0.717) is 6.04 Å². The molecule has 0 spiro atoms. The van der Waals surface area contributed by atoms with Gasteiger partial charge in [-0.2, -0.15) is 0 Å². The third-order valence-corrected chi connectivity index (χ3v) is 3.80. The zero-order valence-electron chi connectivity index (χ0n) is 11.9. The summed E-state index contributed by atoms with van der Waals surface area (Å²) in [5.74, 6) is 0. The van der Waals surface area contributed by atoms with Crippen molar-refractivity contribution in [2.75, 3.05) is 32.8 Å². The number of ether oxygens (including phenoxy) is 2. The quantitative estimate of drug-likeness (QED) is 0.635. The van der Waals surface area contributed by atoms with Crippen molar-refractivity contribution in [3.63, 3.8) is 0 Å². The van der Waals surface area contributed by atoms with Crippen LogP contribution in [-0.4, -0.2) is 56.1 Å². The Bertz CT molecular complexity index is 228. The van der Waals surface area contributed by atoms with E-state index in [1.165, 1.54) is 32.4 Å². The topological polar surface area (TPSA) is 33.7 Å². The summed E-state index contributed by atoms with van der Waals surface area (Å²) in [5, 5.41) is 3.64. The van der Waals surface area contributed by atoms with Gasteiger partial charge in [0, 0.05) is 51.4 Å². The lowest BCUT2D eigenvalue weighted by Gasteiger charge is -2.19. The van der Waals surface area contributed by atoms with Gasteiger partial charge in [0.05, 0.1) is 0 Å². The zero-order chi connectivity index (χ0) is 12.8. The highest BCUT2D eigenvalue weighted by Gasteiger charge is 2.34. The van der Waals surface area contributed by atoms with Crippen LogP contribution < -0.4 is 5.32 Å². The van der Waals surface area contributed by atoms with Crippen LogP contribution in [0.4, 0.5) is 0 Å². The second-order valence-electron chi connectivity index (χ2n) is 5.29. The fraction of sp³-hybridized carbons (Fsp3) is 1.00. The normalized spacial score (nSPS) is 25.2. The third-order valence-electron chi connectivity index (χ3n) is 3.80. The highest BCUT2D eigenvalue weighted by atomic mass is 16.7. The van der Waals surface area contributed by atoms with Crippen LogP contribution in [0.25, 0.3) is 0 Å². The predicted molar refractivity (Wildman–Crippen MR) is 72.7 cm³/mol. The van der Waals surface area contributed by atoms with Crippen LogP contribution in [0.2, 0.25) is 0 Å². The summed E-state index contributed by atoms with van der Waals surface area (Å²) in [4.78, 5) is 2.64. The number of nitrogens with one attached hydrogen (secondary N) is 1. The molecule has 2 fully saturated rings. The second kappa shape index (κ2) is 7.43. The smallest absolute Gasteiger partial charge is 0.158 e. The molecule has 0 aromatic rings. The Morgan fingerprint density at radius 3 is 2.50 bits per heavy atom. The number of likely N-dealkylation sites (tertiary alicyclic amines) is 1. The van der Waals surface area contributed by atoms with E-state index in [2.05, 4.69) is 10.2 Å². The van der Waals surface area contributed by atoms with Crippen LogP contribution in [0.3, 0.4) is 0 Å². The van der Waals surface area contributed by atoms with Gasteiger partial charge in [-0.15, -0.1) is 0 Å². The van der Waals surface area contributed by atoms with Crippen molar-refractivity contribution >= 4 is 0 Å². The molecule has 1 atom stereocenters. The average molecular weight is 256 g/mol. The molecule has 0 aromatic carbocycles. The Morgan fingerprint density at radius 2 is 1.89 bits per heavy atom. The molecule has 0 bridgehead atoms. The van der Waals surface area contributed by atoms with Crippen LogP contribution in [0.1, 0.15) is 39.5 Å². The number of hydrogen-bond acceptors (Lipinski definition) is 4. The summed E-state index contributed by atoms with van der Waals surface area (Å²) in [5.41, 5.74) is 0. The number of nitrogens with zero attached hydrogens (tertiary/aromatic N) is 1. The molecule has 1 aliphatic heterocycles. The first-order valence-electron chi connectivity index (χ1n) is 7.54. The van der Waals surface area contributed by atoms with Crippen molar-refractivity contribution in [3.05, 3.63) is 0 Å². The molecule has 1 heterocycles. The fourth-order valence-corrected chi connectivity index (χ4v) is 2.72. The maximum absolute atomic E-state index is 5.54. The molecular formula is C14H28N2O2. The standard InChI is InChI=1S/C14H28N2O2/c1-3-17-14(18-4-2)7-9-15-12-8-10-16(11-12)13-5-6-13/h12-15H,3-11H2,1-2H3. The maximum atomic E-state index is 5.54. The SMILES string of the molecule is CCOC(CCNC1CCN(C2CC2)C1)OCC. The third kappa shape index (κ3) is 4.50. The molecule has 0 radical (unpaired) electrons. The molecule has 1 aliphatic carbocycles. The molecule has 4 nitrogen and oxygen atoms in total. The number of hydrogen-bond donors (Lipinski definition) is 1. The zero-order valence-corrected chi connectivity index (χ0v) is 11.9. The lowest BCUT2D eigenvalue weighted by Crippen LogP contribution is -2.35. The first-order valence-corrected chi connectivity index (χ1v) is 7.54. The van der Waals surface area contributed by atoms with Crippen molar-refractivity contribution < 1.29 is 9.47 Å². The van der Waals surface area contributed by atoms with Crippen molar-refractivity contribution in [2.45, 2.75) is 57.9 Å².